The van der Waals surface area contributed by atoms with E-state index in [1.807, 2.05) is 0 Å². The van der Waals surface area contributed by atoms with Crippen LogP contribution < -0.4 is 0 Å². The zero-order chi connectivity index (χ0) is 17.0. The van der Waals surface area contributed by atoms with Gasteiger partial charge < -0.3 is 9.47 Å². The average Bonchev–Trinajstić information content (AvgIpc) is 2.44. The molecule has 0 unspecified atom stereocenters. The van der Waals surface area contributed by atoms with E-state index in [1.54, 1.807) is 0 Å². The second kappa shape index (κ2) is 7.14. The van der Waals surface area contributed by atoms with E-state index < -0.39 is 39.8 Å². The lowest BCUT2D eigenvalue weighted by atomic mass is 9.87. The van der Waals surface area contributed by atoms with Crippen molar-refractivity contribution in [1.82, 2.24) is 0 Å². The van der Waals surface area contributed by atoms with E-state index >= 15 is 0 Å². The summed E-state index contributed by atoms with van der Waals surface area (Å²) in [5.74, 6) is -2.24. The van der Waals surface area contributed by atoms with Crippen LogP contribution >= 0.6 is 0 Å². The quantitative estimate of drug-likeness (QED) is 0.440. The Morgan fingerprint density at radius 2 is 1.82 bits per heavy atom. The van der Waals surface area contributed by atoms with E-state index in [-0.39, 0.29) is 18.9 Å². The molecule has 1 aliphatic rings. The van der Waals surface area contributed by atoms with E-state index in [9.17, 15) is 26.8 Å². The molecule has 22 heavy (non-hydrogen) atoms. The summed E-state index contributed by atoms with van der Waals surface area (Å²) in [6, 6.07) is 0. The minimum Gasteiger partial charge on any atom is -0.459 e. The zero-order valence-corrected chi connectivity index (χ0v) is 12.4. The molecule has 0 heterocycles. The molecule has 7 nitrogen and oxygen atoms in total. The molecule has 0 aromatic carbocycles. The first kappa shape index (κ1) is 18.5. The van der Waals surface area contributed by atoms with Crippen molar-refractivity contribution < 1.29 is 40.8 Å². The van der Waals surface area contributed by atoms with E-state index in [0.29, 0.717) is 12.8 Å². The van der Waals surface area contributed by atoms with Crippen LogP contribution in [-0.2, 0) is 29.2 Å². The minimum absolute atomic E-state index is 0.255. The predicted octanol–water partition coefficient (Wildman–Crippen LogP) is 1.30. The molecule has 0 aliphatic heterocycles. The number of hydrogen-bond acceptors (Lipinski definition) is 6. The lowest BCUT2D eigenvalue weighted by molar-refractivity contribution is -0.157. The predicted molar refractivity (Wildman–Crippen MR) is 69.5 cm³/mol. The lowest BCUT2D eigenvalue weighted by Crippen LogP contribution is -2.36. The lowest BCUT2D eigenvalue weighted by Gasteiger charge is -2.27. The summed E-state index contributed by atoms with van der Waals surface area (Å²) in [7, 11) is -5.63. The third-order valence-corrected chi connectivity index (χ3v) is 4.09. The Bertz CT molecular complexity index is 536. The van der Waals surface area contributed by atoms with Gasteiger partial charge in [-0.05, 0) is 25.7 Å². The summed E-state index contributed by atoms with van der Waals surface area (Å²) in [4.78, 5) is 22.6. The first-order chi connectivity index (χ1) is 10.1. The zero-order valence-electron chi connectivity index (χ0n) is 11.5. The van der Waals surface area contributed by atoms with Crippen LogP contribution in [0.15, 0.2) is 12.7 Å². The summed E-state index contributed by atoms with van der Waals surface area (Å²) in [5.41, 5.74) is 0. The molecule has 0 spiro atoms. The van der Waals surface area contributed by atoms with E-state index in [2.05, 4.69) is 11.3 Å². The molecule has 0 aromatic heterocycles. The number of alkyl halides is 2. The van der Waals surface area contributed by atoms with Crippen molar-refractivity contribution in [2.75, 3.05) is 6.61 Å². The Hall–Kier alpha value is -1.55. The van der Waals surface area contributed by atoms with Gasteiger partial charge in [-0.3, -0.25) is 9.35 Å². The van der Waals surface area contributed by atoms with Crippen LogP contribution in [0.5, 0.6) is 0 Å². The Labute approximate surface area is 126 Å². The van der Waals surface area contributed by atoms with Gasteiger partial charge in [0.2, 0.25) is 0 Å². The van der Waals surface area contributed by atoms with Crippen LogP contribution in [0.4, 0.5) is 8.78 Å². The van der Waals surface area contributed by atoms with Gasteiger partial charge in [-0.2, -0.15) is 17.2 Å². The molecule has 10 heteroatoms. The standard InChI is InChI=1S/C12H16F2O7S/c1-2-10(15)21-9-5-3-8(4-6-9)11(16)20-7-12(13,14)22(17,18)19/h2,8-9H,1,3-7H2,(H,17,18,19). The summed E-state index contributed by atoms with van der Waals surface area (Å²) >= 11 is 0. The first-order valence-electron chi connectivity index (χ1n) is 6.41. The summed E-state index contributed by atoms with van der Waals surface area (Å²) in [6.45, 7) is 1.51. The van der Waals surface area contributed by atoms with Crippen molar-refractivity contribution in [1.29, 1.82) is 0 Å². The molecule has 126 valence electrons. The van der Waals surface area contributed by atoms with E-state index in [0.717, 1.165) is 6.08 Å². The molecule has 0 aromatic rings. The molecule has 1 aliphatic carbocycles. The Morgan fingerprint density at radius 1 is 1.27 bits per heavy atom. The molecule has 0 atom stereocenters. The first-order valence-corrected chi connectivity index (χ1v) is 7.85. The van der Waals surface area contributed by atoms with Gasteiger partial charge >= 0.3 is 27.3 Å². The van der Waals surface area contributed by atoms with Gasteiger partial charge in [0.1, 0.15) is 6.10 Å². The molecule has 1 saturated carbocycles. The fourth-order valence-corrected chi connectivity index (χ4v) is 2.18. The smallest absolute Gasteiger partial charge is 0.402 e. The SMILES string of the molecule is C=CC(=O)OC1CCC(C(=O)OCC(F)(F)S(=O)(=O)O)CC1. The van der Waals surface area contributed by atoms with Gasteiger partial charge in [0.25, 0.3) is 0 Å². The van der Waals surface area contributed by atoms with Crippen molar-refractivity contribution in [3.63, 3.8) is 0 Å². The second-order valence-electron chi connectivity index (χ2n) is 4.83. The Balaban J connectivity index is 2.43. The van der Waals surface area contributed by atoms with Gasteiger partial charge in [-0.1, -0.05) is 6.58 Å². The van der Waals surface area contributed by atoms with Crippen molar-refractivity contribution in [3.05, 3.63) is 12.7 Å². The molecular weight excluding hydrogens is 326 g/mol. The van der Waals surface area contributed by atoms with Crippen molar-refractivity contribution in [3.8, 4) is 0 Å². The summed E-state index contributed by atoms with van der Waals surface area (Å²) in [6.07, 6.45) is 1.85. The van der Waals surface area contributed by atoms with Crippen LogP contribution in [-0.4, -0.2) is 42.9 Å². The molecular formula is C12H16F2O7S. The fourth-order valence-electron chi connectivity index (χ4n) is 1.98. The van der Waals surface area contributed by atoms with Crippen molar-refractivity contribution in [2.24, 2.45) is 5.92 Å². The fraction of sp³-hybridized carbons (Fsp3) is 0.667. The maximum Gasteiger partial charge on any atom is 0.402 e. The molecule has 1 N–H and O–H groups in total. The normalized spacial score (nSPS) is 22.7. The summed E-state index contributed by atoms with van der Waals surface area (Å²) < 4.78 is 64.1. The molecule has 0 amide bonds. The number of halogens is 2. The number of carbonyl (C=O) groups excluding carboxylic acids is 2. The molecule has 1 rings (SSSR count). The van der Waals surface area contributed by atoms with Gasteiger partial charge in [-0.25, -0.2) is 4.79 Å². The Kier molecular flexibility index (Phi) is 6.00. The average molecular weight is 342 g/mol. The molecule has 0 bridgehead atoms. The van der Waals surface area contributed by atoms with Crippen LogP contribution in [0.1, 0.15) is 25.7 Å². The third kappa shape index (κ3) is 5.02. The van der Waals surface area contributed by atoms with E-state index in [1.165, 1.54) is 0 Å². The number of rotatable bonds is 6. The molecule has 0 saturated heterocycles. The van der Waals surface area contributed by atoms with Crippen molar-refractivity contribution >= 4 is 22.1 Å². The highest BCUT2D eigenvalue weighted by molar-refractivity contribution is 7.86. The maximum absolute atomic E-state index is 12.9. The summed E-state index contributed by atoms with van der Waals surface area (Å²) in [5, 5.41) is -4.54. The minimum atomic E-state index is -5.63. The van der Waals surface area contributed by atoms with Crippen LogP contribution in [0.25, 0.3) is 0 Å². The number of hydrogen-bond donors (Lipinski definition) is 1. The topological polar surface area (TPSA) is 107 Å². The number of esters is 2. The second-order valence-corrected chi connectivity index (χ2v) is 6.38. The van der Waals surface area contributed by atoms with Crippen molar-refractivity contribution in [2.45, 2.75) is 37.0 Å². The number of ether oxygens (including phenoxy) is 2. The molecule has 0 radical (unpaired) electrons. The molecule has 1 fully saturated rings. The van der Waals surface area contributed by atoms with E-state index in [4.69, 9.17) is 9.29 Å². The Morgan fingerprint density at radius 3 is 2.27 bits per heavy atom. The number of carbonyl (C=O) groups is 2. The highest BCUT2D eigenvalue weighted by Gasteiger charge is 2.46. The monoisotopic (exact) mass is 342 g/mol. The van der Waals surface area contributed by atoms with Crippen LogP contribution in [0, 0.1) is 5.92 Å². The highest BCUT2D eigenvalue weighted by atomic mass is 32.2. The van der Waals surface area contributed by atoms with Gasteiger partial charge in [0.15, 0.2) is 6.61 Å². The highest BCUT2D eigenvalue weighted by Crippen LogP contribution is 2.28. The third-order valence-electron chi connectivity index (χ3n) is 3.22. The largest absolute Gasteiger partial charge is 0.459 e. The van der Waals surface area contributed by atoms with Gasteiger partial charge in [0.05, 0.1) is 5.92 Å². The van der Waals surface area contributed by atoms with Crippen LogP contribution in [0.3, 0.4) is 0 Å². The maximum atomic E-state index is 12.9. The van der Waals surface area contributed by atoms with Gasteiger partial charge in [-0.15, -0.1) is 0 Å². The van der Waals surface area contributed by atoms with Crippen LogP contribution in [0.2, 0.25) is 0 Å². The van der Waals surface area contributed by atoms with Gasteiger partial charge in [0, 0.05) is 6.08 Å².